The normalized spacial score (nSPS) is 18.3. The van der Waals surface area contributed by atoms with Gasteiger partial charge in [-0.1, -0.05) is 71.0 Å². The smallest absolute Gasteiger partial charge is 0.118 e. The molecule has 1 nitrogen and oxygen atoms in total. The van der Waals surface area contributed by atoms with Crippen molar-refractivity contribution < 1.29 is 4.74 Å². The Kier molecular flexibility index (Phi) is 5.01. The van der Waals surface area contributed by atoms with E-state index in [0.29, 0.717) is 0 Å². The fourth-order valence-electron chi connectivity index (χ4n) is 4.08. The van der Waals surface area contributed by atoms with Gasteiger partial charge in [-0.05, 0) is 70.1 Å². The van der Waals surface area contributed by atoms with Crippen LogP contribution in [-0.2, 0) is 10.8 Å². The second kappa shape index (κ2) is 6.95. The molecule has 0 aromatic heterocycles. The summed E-state index contributed by atoms with van der Waals surface area (Å²) >= 11 is 0. The number of fused-ring (bicyclic) bond motifs is 1. The Morgan fingerprint density at radius 1 is 0.923 bits per heavy atom. The summed E-state index contributed by atoms with van der Waals surface area (Å²) in [5.41, 5.74) is 7.54. The molecule has 138 valence electrons. The first kappa shape index (κ1) is 18.8. The van der Waals surface area contributed by atoms with Crippen LogP contribution >= 0.6 is 0 Å². The maximum absolute atomic E-state index is 5.27. The summed E-state index contributed by atoms with van der Waals surface area (Å²) in [7, 11) is 1.71. The van der Waals surface area contributed by atoms with E-state index in [1.54, 1.807) is 7.11 Å². The van der Waals surface area contributed by atoms with Gasteiger partial charge >= 0.3 is 0 Å². The van der Waals surface area contributed by atoms with Crippen molar-refractivity contribution in [2.24, 2.45) is 0 Å². The lowest BCUT2D eigenvalue weighted by molar-refractivity contribution is 0.332. The van der Waals surface area contributed by atoms with Gasteiger partial charge in [0.15, 0.2) is 0 Å². The van der Waals surface area contributed by atoms with Gasteiger partial charge in [-0.3, -0.25) is 0 Å². The summed E-state index contributed by atoms with van der Waals surface area (Å²) < 4.78 is 5.27. The zero-order valence-corrected chi connectivity index (χ0v) is 17.1. The van der Waals surface area contributed by atoms with Gasteiger partial charge in [0.2, 0.25) is 0 Å². The molecule has 3 rings (SSSR count). The van der Waals surface area contributed by atoms with E-state index in [4.69, 9.17) is 4.74 Å². The van der Waals surface area contributed by atoms with Crippen LogP contribution in [0.2, 0.25) is 0 Å². The SMILES string of the molecule is CC/C(=C/c1ccc(OC)cc1)c1ccc2c(c1)C(C)(C)CCC2(C)C. The molecule has 2 aromatic rings. The van der Waals surface area contributed by atoms with Gasteiger partial charge in [-0.25, -0.2) is 0 Å². The molecule has 26 heavy (non-hydrogen) atoms. The minimum absolute atomic E-state index is 0.250. The van der Waals surface area contributed by atoms with Crippen LogP contribution in [0.5, 0.6) is 5.75 Å². The van der Waals surface area contributed by atoms with Gasteiger partial charge in [0.05, 0.1) is 7.11 Å². The molecule has 2 aromatic carbocycles. The zero-order chi connectivity index (χ0) is 18.9. The van der Waals surface area contributed by atoms with E-state index < -0.39 is 0 Å². The molecule has 1 aliphatic rings. The highest BCUT2D eigenvalue weighted by molar-refractivity contribution is 5.82. The van der Waals surface area contributed by atoms with Gasteiger partial charge in [-0.2, -0.15) is 0 Å². The first-order valence-corrected chi connectivity index (χ1v) is 9.77. The maximum atomic E-state index is 5.27. The van der Waals surface area contributed by atoms with Crippen molar-refractivity contribution in [2.75, 3.05) is 7.11 Å². The van der Waals surface area contributed by atoms with Crippen LogP contribution < -0.4 is 4.74 Å². The fraction of sp³-hybridized carbons (Fsp3) is 0.440. The number of hydrogen-bond acceptors (Lipinski definition) is 1. The summed E-state index contributed by atoms with van der Waals surface area (Å²) in [6, 6.07) is 15.5. The number of methoxy groups -OCH3 is 1. The lowest BCUT2D eigenvalue weighted by Gasteiger charge is -2.42. The third-order valence-electron chi connectivity index (χ3n) is 6.06. The number of ether oxygens (including phenoxy) is 1. The third kappa shape index (κ3) is 3.58. The van der Waals surface area contributed by atoms with E-state index in [0.717, 1.165) is 12.2 Å². The summed E-state index contributed by atoms with van der Waals surface area (Å²) in [5, 5.41) is 0. The highest BCUT2D eigenvalue weighted by atomic mass is 16.5. The highest BCUT2D eigenvalue weighted by Crippen LogP contribution is 2.46. The van der Waals surface area contributed by atoms with Gasteiger partial charge in [0.25, 0.3) is 0 Å². The molecule has 0 unspecified atom stereocenters. The topological polar surface area (TPSA) is 9.23 Å². The number of rotatable bonds is 4. The van der Waals surface area contributed by atoms with E-state index in [1.165, 1.54) is 40.7 Å². The van der Waals surface area contributed by atoms with E-state index >= 15 is 0 Å². The Balaban J connectivity index is 2.03. The molecule has 0 N–H and O–H groups in total. The van der Waals surface area contributed by atoms with Crippen molar-refractivity contribution in [1.29, 1.82) is 0 Å². The average molecular weight is 349 g/mol. The molecule has 0 radical (unpaired) electrons. The first-order valence-electron chi connectivity index (χ1n) is 9.77. The fourth-order valence-corrected chi connectivity index (χ4v) is 4.08. The van der Waals surface area contributed by atoms with Crippen LogP contribution in [0, 0.1) is 0 Å². The summed E-state index contributed by atoms with van der Waals surface area (Å²) in [6.45, 7) is 11.8. The molecule has 0 fully saturated rings. The van der Waals surface area contributed by atoms with Crippen LogP contribution in [-0.4, -0.2) is 7.11 Å². The van der Waals surface area contributed by atoms with Gasteiger partial charge in [0.1, 0.15) is 5.75 Å². The average Bonchev–Trinajstić information content (AvgIpc) is 2.64. The molecule has 0 atom stereocenters. The molecule has 0 saturated carbocycles. The van der Waals surface area contributed by atoms with Crippen molar-refractivity contribution in [2.45, 2.75) is 64.7 Å². The number of hydrogen-bond donors (Lipinski definition) is 0. The van der Waals surface area contributed by atoms with Crippen LogP contribution in [0.4, 0.5) is 0 Å². The third-order valence-corrected chi connectivity index (χ3v) is 6.06. The van der Waals surface area contributed by atoms with Gasteiger partial charge in [0, 0.05) is 0 Å². The lowest BCUT2D eigenvalue weighted by Crippen LogP contribution is -2.33. The Morgan fingerprint density at radius 2 is 1.54 bits per heavy atom. The Morgan fingerprint density at radius 3 is 2.12 bits per heavy atom. The molecule has 1 aliphatic carbocycles. The van der Waals surface area contributed by atoms with Crippen LogP contribution in [0.1, 0.15) is 76.1 Å². The summed E-state index contributed by atoms with van der Waals surface area (Å²) in [4.78, 5) is 0. The van der Waals surface area contributed by atoms with E-state index in [2.05, 4.69) is 71.0 Å². The molecule has 0 aliphatic heterocycles. The molecule has 0 amide bonds. The van der Waals surface area contributed by atoms with Crippen molar-refractivity contribution in [3.05, 3.63) is 64.7 Å². The molecule has 1 heteroatoms. The second-order valence-corrected chi connectivity index (χ2v) is 8.82. The van der Waals surface area contributed by atoms with Crippen LogP contribution in [0.15, 0.2) is 42.5 Å². The zero-order valence-electron chi connectivity index (χ0n) is 17.1. The predicted molar refractivity (Wildman–Crippen MR) is 113 cm³/mol. The van der Waals surface area contributed by atoms with Crippen molar-refractivity contribution >= 4 is 11.6 Å². The summed E-state index contributed by atoms with van der Waals surface area (Å²) in [5.74, 6) is 0.901. The largest absolute Gasteiger partial charge is 0.497 e. The lowest BCUT2D eigenvalue weighted by atomic mass is 9.63. The number of allylic oxidation sites excluding steroid dienone is 1. The van der Waals surface area contributed by atoms with E-state index in [-0.39, 0.29) is 10.8 Å². The molecule has 0 spiro atoms. The summed E-state index contributed by atoms with van der Waals surface area (Å²) in [6.07, 6.45) is 5.84. The molecule has 0 heterocycles. The monoisotopic (exact) mass is 348 g/mol. The second-order valence-electron chi connectivity index (χ2n) is 8.82. The Bertz CT molecular complexity index is 807. The molecule has 0 saturated heterocycles. The minimum atomic E-state index is 0.250. The van der Waals surface area contributed by atoms with Crippen molar-refractivity contribution in [3.8, 4) is 5.75 Å². The quantitative estimate of drug-likeness (QED) is 0.541. The minimum Gasteiger partial charge on any atom is -0.497 e. The van der Waals surface area contributed by atoms with Gasteiger partial charge in [-0.15, -0.1) is 0 Å². The van der Waals surface area contributed by atoms with Crippen molar-refractivity contribution in [1.82, 2.24) is 0 Å². The molecule has 0 bridgehead atoms. The first-order chi connectivity index (χ1) is 12.3. The predicted octanol–water partition coefficient (Wildman–Crippen LogP) is 6.99. The molecular weight excluding hydrogens is 316 g/mol. The van der Waals surface area contributed by atoms with Crippen LogP contribution in [0.3, 0.4) is 0 Å². The van der Waals surface area contributed by atoms with E-state index in [1.807, 2.05) is 12.1 Å². The Labute approximate surface area is 159 Å². The number of benzene rings is 2. The standard InChI is InChI=1S/C25H32O/c1-7-19(16-18-8-11-21(26-6)12-9-18)20-10-13-22-23(17-20)25(4,5)15-14-24(22,2)3/h8-13,16-17H,7,14-15H2,1-6H3/b19-16-. The highest BCUT2D eigenvalue weighted by Gasteiger charge is 2.36. The van der Waals surface area contributed by atoms with E-state index in [9.17, 15) is 0 Å². The van der Waals surface area contributed by atoms with Crippen LogP contribution in [0.25, 0.3) is 11.6 Å². The Hall–Kier alpha value is -2.02. The molecular formula is C25H32O. The maximum Gasteiger partial charge on any atom is 0.118 e. The van der Waals surface area contributed by atoms with Gasteiger partial charge < -0.3 is 4.74 Å². The van der Waals surface area contributed by atoms with Crippen molar-refractivity contribution in [3.63, 3.8) is 0 Å².